The van der Waals surface area contributed by atoms with E-state index in [1.165, 1.54) is 148 Å². The van der Waals surface area contributed by atoms with Crippen LogP contribution in [0.4, 0.5) is 0 Å². The summed E-state index contributed by atoms with van der Waals surface area (Å²) in [6.07, 6.45) is 41.0. The summed E-state index contributed by atoms with van der Waals surface area (Å²) in [6, 6.07) is -0.721. The molecule has 324 valence electrons. The van der Waals surface area contributed by atoms with Crippen LogP contribution < -0.4 is 5.11 Å². The monoisotopic (exact) mass is 780 g/mol. The molecule has 0 spiro atoms. The van der Waals surface area contributed by atoms with Crippen LogP contribution in [0.5, 0.6) is 0 Å². The Balaban J connectivity index is 4.18. The van der Waals surface area contributed by atoms with Crippen molar-refractivity contribution >= 4 is 17.9 Å². The van der Waals surface area contributed by atoms with Crippen molar-refractivity contribution in [3.8, 4) is 0 Å². The minimum absolute atomic E-state index is 0.0448. The van der Waals surface area contributed by atoms with E-state index in [1.54, 1.807) is 21.1 Å². The number of allylic oxidation sites excluding steroid dienone is 2. The molecule has 0 bridgehead atoms. The van der Waals surface area contributed by atoms with Crippen molar-refractivity contribution in [3.63, 3.8) is 0 Å². The van der Waals surface area contributed by atoms with Gasteiger partial charge in [0.05, 0.1) is 40.3 Å². The van der Waals surface area contributed by atoms with Crippen molar-refractivity contribution in [2.24, 2.45) is 0 Å². The van der Waals surface area contributed by atoms with E-state index in [1.807, 2.05) is 0 Å². The second-order valence-corrected chi connectivity index (χ2v) is 17.0. The smallest absolute Gasteiger partial charge is 0.306 e. The van der Waals surface area contributed by atoms with Crippen LogP contribution in [0.2, 0.25) is 0 Å². The summed E-state index contributed by atoms with van der Waals surface area (Å²) >= 11 is 0. The number of hydrogen-bond donors (Lipinski definition) is 0. The maximum atomic E-state index is 12.7. The summed E-state index contributed by atoms with van der Waals surface area (Å²) in [4.78, 5) is 36.8. The Bertz CT molecular complexity index is 915. The maximum Gasteiger partial charge on any atom is 0.306 e. The molecule has 0 aromatic carbocycles. The standard InChI is InChI=1S/C47H89NO7/c1-6-8-10-12-14-16-18-19-20-21-22-23-24-25-26-27-28-30-31-33-35-37-45(49)54-42-43(41-53-40-39-44(47(51)52)48(3,4)5)55-46(50)38-36-34-32-29-17-15-13-11-9-7-2/h23-24,43-44H,6-22,25-42H2,1-5H3/b24-23+. The molecule has 2 unspecified atom stereocenters. The van der Waals surface area contributed by atoms with Gasteiger partial charge in [-0.05, 0) is 38.5 Å². The van der Waals surface area contributed by atoms with E-state index in [-0.39, 0.29) is 42.7 Å². The van der Waals surface area contributed by atoms with E-state index < -0.39 is 18.1 Å². The van der Waals surface area contributed by atoms with Crippen molar-refractivity contribution < 1.29 is 38.2 Å². The highest BCUT2D eigenvalue weighted by Crippen LogP contribution is 2.15. The van der Waals surface area contributed by atoms with Gasteiger partial charge in [-0.1, -0.05) is 174 Å². The number of rotatable bonds is 42. The molecule has 8 nitrogen and oxygen atoms in total. The van der Waals surface area contributed by atoms with Crippen LogP contribution in [0.1, 0.15) is 219 Å². The molecular weight excluding hydrogens is 691 g/mol. The van der Waals surface area contributed by atoms with Gasteiger partial charge in [0.2, 0.25) is 0 Å². The first-order valence-corrected chi connectivity index (χ1v) is 23.2. The lowest BCUT2D eigenvalue weighted by Crippen LogP contribution is -2.55. The Morgan fingerprint density at radius 3 is 1.31 bits per heavy atom. The summed E-state index contributed by atoms with van der Waals surface area (Å²) in [7, 11) is 5.41. The molecule has 0 saturated heterocycles. The zero-order chi connectivity index (χ0) is 40.7. The second kappa shape index (κ2) is 38.9. The van der Waals surface area contributed by atoms with E-state index in [0.717, 1.165) is 38.5 Å². The molecule has 0 rings (SSSR count). The summed E-state index contributed by atoms with van der Waals surface area (Å²) in [5, 5.41) is 11.6. The Labute approximate surface area is 339 Å². The normalized spacial score (nSPS) is 13.0. The molecule has 55 heavy (non-hydrogen) atoms. The van der Waals surface area contributed by atoms with Gasteiger partial charge in [0.1, 0.15) is 12.6 Å². The molecule has 0 aromatic heterocycles. The number of carboxylic acid groups (broad SMARTS) is 1. The summed E-state index contributed by atoms with van der Waals surface area (Å²) < 4.78 is 17.2. The summed E-state index contributed by atoms with van der Waals surface area (Å²) in [5.41, 5.74) is 0. The van der Waals surface area contributed by atoms with E-state index >= 15 is 0 Å². The zero-order valence-corrected chi connectivity index (χ0v) is 36.9. The lowest BCUT2D eigenvalue weighted by molar-refractivity contribution is -0.889. The lowest BCUT2D eigenvalue weighted by atomic mass is 10.1. The number of ether oxygens (including phenoxy) is 3. The minimum Gasteiger partial charge on any atom is -0.544 e. The molecule has 0 aliphatic rings. The molecule has 0 aromatic rings. The zero-order valence-electron chi connectivity index (χ0n) is 36.9. The Morgan fingerprint density at radius 2 is 0.909 bits per heavy atom. The molecule has 0 fully saturated rings. The number of unbranched alkanes of at least 4 members (excludes halogenated alkanes) is 26. The molecular formula is C47H89NO7. The number of esters is 2. The van der Waals surface area contributed by atoms with Crippen molar-refractivity contribution in [2.75, 3.05) is 41.0 Å². The van der Waals surface area contributed by atoms with E-state index in [0.29, 0.717) is 12.8 Å². The number of likely N-dealkylation sites (N-methyl/N-ethyl adjacent to an activating group) is 1. The largest absolute Gasteiger partial charge is 0.544 e. The van der Waals surface area contributed by atoms with E-state index in [9.17, 15) is 19.5 Å². The quantitative estimate of drug-likeness (QED) is 0.0263. The van der Waals surface area contributed by atoms with Crippen LogP contribution in [0, 0.1) is 0 Å². The van der Waals surface area contributed by atoms with Crippen LogP contribution in [-0.4, -0.2) is 75.5 Å². The number of quaternary nitrogens is 1. The molecule has 0 amide bonds. The number of carbonyl (C=O) groups is 3. The van der Waals surface area contributed by atoms with Crippen LogP contribution in [0.25, 0.3) is 0 Å². The van der Waals surface area contributed by atoms with Crippen LogP contribution >= 0.6 is 0 Å². The van der Waals surface area contributed by atoms with Crippen molar-refractivity contribution in [2.45, 2.75) is 231 Å². The van der Waals surface area contributed by atoms with Crippen molar-refractivity contribution in [1.82, 2.24) is 0 Å². The number of carbonyl (C=O) groups excluding carboxylic acids is 3. The fraction of sp³-hybridized carbons (Fsp3) is 0.894. The first-order valence-electron chi connectivity index (χ1n) is 23.2. The number of carboxylic acids is 1. The topological polar surface area (TPSA) is 102 Å². The number of aliphatic carboxylic acids is 1. The van der Waals surface area contributed by atoms with Gasteiger partial charge in [-0.15, -0.1) is 0 Å². The average molecular weight is 780 g/mol. The Hall–Kier alpha value is -1.93. The number of nitrogens with zero attached hydrogens (tertiary/aromatic N) is 1. The third kappa shape index (κ3) is 37.4. The first-order chi connectivity index (χ1) is 26.6. The average Bonchev–Trinajstić information content (AvgIpc) is 3.14. The highest BCUT2D eigenvalue weighted by molar-refractivity contribution is 5.70. The van der Waals surface area contributed by atoms with Gasteiger partial charge in [-0.3, -0.25) is 9.59 Å². The van der Waals surface area contributed by atoms with Gasteiger partial charge in [-0.25, -0.2) is 0 Å². The molecule has 0 radical (unpaired) electrons. The molecule has 2 atom stereocenters. The minimum atomic E-state index is -1.12. The predicted octanol–water partition coefficient (Wildman–Crippen LogP) is 11.4. The van der Waals surface area contributed by atoms with Crippen molar-refractivity contribution in [1.29, 1.82) is 0 Å². The van der Waals surface area contributed by atoms with Gasteiger partial charge in [-0.2, -0.15) is 0 Å². The number of hydrogen-bond acceptors (Lipinski definition) is 7. The molecule has 0 heterocycles. The van der Waals surface area contributed by atoms with Crippen LogP contribution in [-0.2, 0) is 28.6 Å². The van der Waals surface area contributed by atoms with Gasteiger partial charge in [0.25, 0.3) is 0 Å². The van der Waals surface area contributed by atoms with Gasteiger partial charge >= 0.3 is 11.9 Å². The van der Waals surface area contributed by atoms with Gasteiger partial charge in [0.15, 0.2) is 6.10 Å². The third-order valence-corrected chi connectivity index (χ3v) is 10.7. The molecule has 0 aliphatic carbocycles. The SMILES string of the molecule is CCCCCCCCCCCC/C=C/CCCCCCCCCC(=O)OCC(COCCC(C(=O)[O-])[N+](C)(C)C)OC(=O)CCCCCCCCCCCC. The molecule has 0 N–H and O–H groups in total. The van der Waals surface area contributed by atoms with Gasteiger partial charge < -0.3 is 28.6 Å². The van der Waals surface area contributed by atoms with E-state index in [4.69, 9.17) is 14.2 Å². The fourth-order valence-corrected chi connectivity index (χ4v) is 7.01. The van der Waals surface area contributed by atoms with Gasteiger partial charge in [0, 0.05) is 19.3 Å². The third-order valence-electron chi connectivity index (χ3n) is 10.7. The Kier molecular flexibility index (Phi) is 37.6. The fourth-order valence-electron chi connectivity index (χ4n) is 7.01. The predicted molar refractivity (Wildman–Crippen MR) is 227 cm³/mol. The lowest BCUT2D eigenvalue weighted by Gasteiger charge is -2.34. The van der Waals surface area contributed by atoms with Crippen LogP contribution in [0.15, 0.2) is 12.2 Å². The highest BCUT2D eigenvalue weighted by Gasteiger charge is 2.25. The van der Waals surface area contributed by atoms with Crippen molar-refractivity contribution in [3.05, 3.63) is 12.2 Å². The maximum absolute atomic E-state index is 12.7. The highest BCUT2D eigenvalue weighted by atomic mass is 16.6. The molecule has 8 heteroatoms. The van der Waals surface area contributed by atoms with E-state index in [2.05, 4.69) is 26.0 Å². The molecule has 0 saturated carbocycles. The second-order valence-electron chi connectivity index (χ2n) is 17.0. The molecule has 0 aliphatic heterocycles. The first kappa shape index (κ1) is 53.1. The Morgan fingerprint density at radius 1 is 0.527 bits per heavy atom. The summed E-state index contributed by atoms with van der Waals surface area (Å²) in [6.45, 7) is 4.67. The summed E-state index contributed by atoms with van der Waals surface area (Å²) in [5.74, 6) is -1.73. The van der Waals surface area contributed by atoms with Crippen LogP contribution in [0.3, 0.4) is 0 Å².